The predicted molar refractivity (Wildman–Crippen MR) is 102 cm³/mol. The quantitative estimate of drug-likeness (QED) is 0.695. The highest BCUT2D eigenvalue weighted by Crippen LogP contribution is 2.37. The van der Waals surface area contributed by atoms with Gasteiger partial charge in [0.05, 0.1) is 13.3 Å². The Bertz CT molecular complexity index is 1080. The van der Waals surface area contributed by atoms with Gasteiger partial charge in [-0.15, -0.1) is 0 Å². The van der Waals surface area contributed by atoms with Crippen LogP contribution in [0.5, 0.6) is 5.75 Å². The maximum absolute atomic E-state index is 13.4. The summed E-state index contributed by atoms with van der Waals surface area (Å²) in [4.78, 5) is 0.191. The average molecular weight is 383 g/mol. The van der Waals surface area contributed by atoms with Gasteiger partial charge in [-0.3, -0.25) is 4.68 Å². The molecule has 2 aromatic carbocycles. The smallest absolute Gasteiger partial charge is 0.247 e. The van der Waals surface area contributed by atoms with E-state index in [0.717, 1.165) is 16.7 Å². The molecule has 1 aliphatic heterocycles. The fourth-order valence-electron chi connectivity index (χ4n) is 3.63. The minimum Gasteiger partial charge on any atom is -0.495 e. The second-order valence-corrected chi connectivity index (χ2v) is 8.55. The first kappa shape index (κ1) is 17.8. The van der Waals surface area contributed by atoms with Gasteiger partial charge < -0.3 is 4.74 Å². The number of hydrogen-bond acceptors (Lipinski definition) is 4. The Hall–Kier alpha value is -2.64. The Kier molecular flexibility index (Phi) is 4.49. The van der Waals surface area contributed by atoms with E-state index in [2.05, 4.69) is 11.2 Å². The molecule has 140 valence electrons. The van der Waals surface area contributed by atoms with Crippen LogP contribution in [-0.2, 0) is 23.6 Å². The zero-order valence-electron chi connectivity index (χ0n) is 15.2. The normalized spacial score (nSPS) is 17.5. The molecule has 4 rings (SSSR count). The van der Waals surface area contributed by atoms with Crippen LogP contribution in [0.1, 0.15) is 22.6 Å². The van der Waals surface area contributed by atoms with Crippen molar-refractivity contribution < 1.29 is 13.2 Å². The lowest BCUT2D eigenvalue weighted by atomic mass is 9.87. The van der Waals surface area contributed by atoms with E-state index in [-0.39, 0.29) is 10.8 Å². The summed E-state index contributed by atoms with van der Waals surface area (Å²) >= 11 is 0. The summed E-state index contributed by atoms with van der Waals surface area (Å²) in [6.07, 6.45) is 3.75. The number of nitrogens with zero attached hydrogens (tertiary/aromatic N) is 3. The average Bonchev–Trinajstić information content (AvgIpc) is 3.13. The Labute approximate surface area is 159 Å². The Morgan fingerprint density at radius 1 is 1.11 bits per heavy atom. The molecule has 0 amide bonds. The second kappa shape index (κ2) is 6.83. The van der Waals surface area contributed by atoms with Gasteiger partial charge in [-0.2, -0.15) is 9.40 Å². The summed E-state index contributed by atoms with van der Waals surface area (Å²) in [5.74, 6) is 0.294. The van der Waals surface area contributed by atoms with Gasteiger partial charge in [0.2, 0.25) is 10.0 Å². The molecule has 27 heavy (non-hydrogen) atoms. The van der Waals surface area contributed by atoms with Crippen LogP contribution >= 0.6 is 0 Å². The van der Waals surface area contributed by atoms with Crippen LogP contribution in [0.25, 0.3) is 0 Å². The van der Waals surface area contributed by atoms with Crippen LogP contribution in [0.3, 0.4) is 0 Å². The van der Waals surface area contributed by atoms with Gasteiger partial charge in [0, 0.05) is 32.3 Å². The Morgan fingerprint density at radius 3 is 2.59 bits per heavy atom. The molecule has 1 atom stereocenters. The molecule has 0 fully saturated rings. The van der Waals surface area contributed by atoms with Crippen LogP contribution in [-0.4, -0.2) is 36.2 Å². The molecule has 0 radical (unpaired) electrons. The van der Waals surface area contributed by atoms with Gasteiger partial charge in [-0.25, -0.2) is 8.42 Å². The molecule has 0 unspecified atom stereocenters. The molecule has 7 heteroatoms. The molecule has 0 aliphatic carbocycles. The van der Waals surface area contributed by atoms with Crippen molar-refractivity contribution in [1.29, 1.82) is 0 Å². The van der Waals surface area contributed by atoms with E-state index < -0.39 is 10.0 Å². The number of sulfonamides is 1. The number of benzene rings is 2. The molecule has 0 bridgehead atoms. The number of para-hydroxylation sites is 1. The lowest BCUT2D eigenvalue weighted by Crippen LogP contribution is -2.38. The minimum atomic E-state index is -3.70. The SMILES string of the molecule is COc1ccccc1S(=O)(=O)N1Cc2ccccc2[C@H](c2cnn(C)c2)C1. The van der Waals surface area contributed by atoms with Crippen molar-refractivity contribution in [2.45, 2.75) is 17.4 Å². The molecule has 6 nitrogen and oxygen atoms in total. The maximum Gasteiger partial charge on any atom is 0.247 e. The first-order valence-electron chi connectivity index (χ1n) is 8.70. The van der Waals surface area contributed by atoms with Crippen LogP contribution in [0.4, 0.5) is 0 Å². The van der Waals surface area contributed by atoms with E-state index in [1.54, 1.807) is 35.1 Å². The van der Waals surface area contributed by atoms with E-state index >= 15 is 0 Å². The van der Waals surface area contributed by atoms with E-state index in [4.69, 9.17) is 4.74 Å². The number of rotatable bonds is 4. The molecule has 0 saturated heterocycles. The van der Waals surface area contributed by atoms with Crippen LogP contribution in [0.15, 0.2) is 65.8 Å². The van der Waals surface area contributed by atoms with Crippen LogP contribution < -0.4 is 4.74 Å². The highest BCUT2D eigenvalue weighted by molar-refractivity contribution is 7.89. The Balaban J connectivity index is 1.79. The van der Waals surface area contributed by atoms with Crippen molar-refractivity contribution in [1.82, 2.24) is 14.1 Å². The summed E-state index contributed by atoms with van der Waals surface area (Å²) in [5.41, 5.74) is 3.16. The van der Waals surface area contributed by atoms with E-state index in [1.807, 2.05) is 31.4 Å². The molecule has 0 spiro atoms. The number of methoxy groups -OCH3 is 1. The predicted octanol–water partition coefficient (Wildman–Crippen LogP) is 2.77. The monoisotopic (exact) mass is 383 g/mol. The standard InChI is InChI=1S/C20H21N3O3S/c1-22-12-16(11-21-22)18-14-23(13-15-7-3-4-8-17(15)18)27(24,25)20-10-6-5-9-19(20)26-2/h3-12,18H,13-14H2,1-2H3/t18-/m0/s1. The summed E-state index contributed by atoms with van der Waals surface area (Å²) in [6.45, 7) is 0.705. The summed E-state index contributed by atoms with van der Waals surface area (Å²) < 4.78 is 35.3. The molecular formula is C20H21N3O3S. The van der Waals surface area contributed by atoms with Gasteiger partial charge in [0.25, 0.3) is 0 Å². The van der Waals surface area contributed by atoms with Crippen LogP contribution in [0, 0.1) is 0 Å². The first-order valence-corrected chi connectivity index (χ1v) is 10.1. The number of aryl methyl sites for hydroxylation is 1. The third-order valence-electron chi connectivity index (χ3n) is 4.98. The lowest BCUT2D eigenvalue weighted by Gasteiger charge is -2.33. The van der Waals surface area contributed by atoms with Crippen molar-refractivity contribution in [2.75, 3.05) is 13.7 Å². The third-order valence-corrected chi connectivity index (χ3v) is 6.83. The van der Waals surface area contributed by atoms with Crippen LogP contribution in [0.2, 0.25) is 0 Å². The fraction of sp³-hybridized carbons (Fsp3) is 0.250. The van der Waals surface area contributed by atoms with Gasteiger partial charge in [0.1, 0.15) is 10.6 Å². The van der Waals surface area contributed by atoms with E-state index in [9.17, 15) is 8.42 Å². The molecule has 0 saturated carbocycles. The number of ether oxygens (including phenoxy) is 1. The van der Waals surface area contributed by atoms with E-state index in [1.165, 1.54) is 11.4 Å². The van der Waals surface area contributed by atoms with Crippen molar-refractivity contribution in [3.8, 4) is 5.75 Å². The van der Waals surface area contributed by atoms with Crippen molar-refractivity contribution in [3.05, 3.63) is 77.6 Å². The zero-order chi connectivity index (χ0) is 19.0. The molecular weight excluding hydrogens is 362 g/mol. The number of fused-ring (bicyclic) bond motifs is 1. The number of hydrogen-bond donors (Lipinski definition) is 0. The molecule has 1 aromatic heterocycles. The molecule has 0 N–H and O–H groups in total. The lowest BCUT2D eigenvalue weighted by molar-refractivity contribution is 0.364. The molecule has 1 aliphatic rings. The highest BCUT2D eigenvalue weighted by atomic mass is 32.2. The zero-order valence-corrected chi connectivity index (χ0v) is 16.1. The van der Waals surface area contributed by atoms with E-state index in [0.29, 0.717) is 18.8 Å². The van der Waals surface area contributed by atoms with Crippen molar-refractivity contribution in [3.63, 3.8) is 0 Å². The Morgan fingerprint density at radius 2 is 1.85 bits per heavy atom. The van der Waals surface area contributed by atoms with Crippen molar-refractivity contribution >= 4 is 10.0 Å². The first-order chi connectivity index (χ1) is 13.0. The molecule has 3 aromatic rings. The topological polar surface area (TPSA) is 64.4 Å². The third kappa shape index (κ3) is 3.13. The van der Waals surface area contributed by atoms with Gasteiger partial charge in [-0.1, -0.05) is 36.4 Å². The summed E-state index contributed by atoms with van der Waals surface area (Å²) in [5, 5.41) is 4.27. The second-order valence-electron chi connectivity index (χ2n) is 6.65. The maximum atomic E-state index is 13.4. The summed E-state index contributed by atoms with van der Waals surface area (Å²) in [7, 11) is -0.353. The minimum absolute atomic E-state index is 0.0619. The number of aromatic nitrogens is 2. The van der Waals surface area contributed by atoms with Gasteiger partial charge >= 0.3 is 0 Å². The van der Waals surface area contributed by atoms with Gasteiger partial charge in [-0.05, 0) is 28.8 Å². The van der Waals surface area contributed by atoms with Gasteiger partial charge in [0.15, 0.2) is 0 Å². The molecule has 2 heterocycles. The highest BCUT2D eigenvalue weighted by Gasteiger charge is 2.35. The largest absolute Gasteiger partial charge is 0.495 e. The fourth-order valence-corrected chi connectivity index (χ4v) is 5.22. The van der Waals surface area contributed by atoms with Crippen molar-refractivity contribution in [2.24, 2.45) is 7.05 Å². The summed E-state index contributed by atoms with van der Waals surface area (Å²) in [6, 6.07) is 14.7.